The van der Waals surface area contributed by atoms with E-state index in [0.29, 0.717) is 6.04 Å². The molecule has 106 valence electrons. The quantitative estimate of drug-likeness (QED) is 0.848. The number of anilines is 1. The Hall–Kier alpha value is -1.74. The van der Waals surface area contributed by atoms with Gasteiger partial charge in [-0.1, -0.05) is 12.1 Å². The molecule has 1 aliphatic heterocycles. The molecular formula is C17H22N2O. The zero-order valence-corrected chi connectivity index (χ0v) is 12.4. The predicted octanol–water partition coefficient (Wildman–Crippen LogP) is 3.60. The monoisotopic (exact) mass is 270 g/mol. The predicted molar refractivity (Wildman–Crippen MR) is 81.6 cm³/mol. The zero-order chi connectivity index (χ0) is 14.3. The number of rotatable bonds is 2. The highest BCUT2D eigenvalue weighted by atomic mass is 16.3. The average molecular weight is 270 g/mol. The van der Waals surface area contributed by atoms with Gasteiger partial charge in [-0.2, -0.15) is 0 Å². The molecule has 3 nitrogen and oxygen atoms in total. The van der Waals surface area contributed by atoms with Gasteiger partial charge in [0.15, 0.2) is 0 Å². The summed E-state index contributed by atoms with van der Waals surface area (Å²) in [5.41, 5.74) is 11.0. The fourth-order valence-electron chi connectivity index (χ4n) is 3.25. The molecule has 1 unspecified atom stereocenters. The van der Waals surface area contributed by atoms with E-state index in [2.05, 4.69) is 36.9 Å². The molecule has 1 aromatic heterocycles. The summed E-state index contributed by atoms with van der Waals surface area (Å²) < 4.78 is 5.67. The van der Waals surface area contributed by atoms with Crippen molar-refractivity contribution in [1.29, 1.82) is 0 Å². The van der Waals surface area contributed by atoms with Gasteiger partial charge in [-0.05, 0) is 50.5 Å². The molecule has 2 aromatic rings. The topological polar surface area (TPSA) is 42.4 Å². The van der Waals surface area contributed by atoms with Gasteiger partial charge < -0.3 is 10.2 Å². The maximum absolute atomic E-state index is 6.07. The third-order valence-corrected chi connectivity index (χ3v) is 4.41. The molecule has 20 heavy (non-hydrogen) atoms. The SMILES string of the molecule is Cc1cc(C(C)N2CCc3c(N)cccc3C2)c(C)o1. The number of nitrogens with zero attached hydrogens (tertiary/aromatic N) is 1. The Morgan fingerprint density at radius 2 is 2.10 bits per heavy atom. The minimum atomic E-state index is 0.377. The van der Waals surface area contributed by atoms with Crippen molar-refractivity contribution in [3.63, 3.8) is 0 Å². The third-order valence-electron chi connectivity index (χ3n) is 4.41. The van der Waals surface area contributed by atoms with Crippen molar-refractivity contribution >= 4 is 5.69 Å². The van der Waals surface area contributed by atoms with E-state index in [1.165, 1.54) is 16.7 Å². The first-order valence-corrected chi connectivity index (χ1v) is 7.23. The van der Waals surface area contributed by atoms with Crippen LogP contribution < -0.4 is 5.73 Å². The van der Waals surface area contributed by atoms with Crippen LogP contribution in [0.4, 0.5) is 5.69 Å². The van der Waals surface area contributed by atoms with E-state index in [1.54, 1.807) is 0 Å². The fraction of sp³-hybridized carbons (Fsp3) is 0.412. The van der Waals surface area contributed by atoms with E-state index in [-0.39, 0.29) is 0 Å². The van der Waals surface area contributed by atoms with Crippen molar-refractivity contribution in [2.75, 3.05) is 12.3 Å². The molecule has 0 aliphatic carbocycles. The van der Waals surface area contributed by atoms with E-state index < -0.39 is 0 Å². The Bertz CT molecular complexity index is 630. The standard InChI is InChI=1S/C17H22N2O/c1-11-9-16(13(3)20-11)12(2)19-8-7-15-14(10-19)5-4-6-17(15)18/h4-6,9,12H,7-8,10,18H2,1-3H3. The molecule has 0 saturated heterocycles. The number of aryl methyl sites for hydroxylation is 2. The molecule has 1 atom stereocenters. The van der Waals surface area contributed by atoms with Crippen LogP contribution in [0.25, 0.3) is 0 Å². The molecule has 2 heterocycles. The van der Waals surface area contributed by atoms with E-state index in [9.17, 15) is 0 Å². The lowest BCUT2D eigenvalue weighted by Gasteiger charge is -2.34. The van der Waals surface area contributed by atoms with E-state index >= 15 is 0 Å². The maximum Gasteiger partial charge on any atom is 0.105 e. The first-order chi connectivity index (χ1) is 9.56. The number of benzene rings is 1. The van der Waals surface area contributed by atoms with Gasteiger partial charge >= 0.3 is 0 Å². The Kier molecular flexibility index (Phi) is 3.30. The van der Waals surface area contributed by atoms with Crippen LogP contribution in [0.2, 0.25) is 0 Å². The number of furan rings is 1. The van der Waals surface area contributed by atoms with E-state index in [1.807, 2.05) is 13.0 Å². The largest absolute Gasteiger partial charge is 0.466 e. The minimum Gasteiger partial charge on any atom is -0.466 e. The molecule has 3 rings (SSSR count). The average Bonchev–Trinajstić information content (AvgIpc) is 2.77. The molecule has 2 N–H and O–H groups in total. The Morgan fingerprint density at radius 3 is 2.80 bits per heavy atom. The molecule has 0 bridgehead atoms. The molecule has 0 fully saturated rings. The molecule has 0 saturated carbocycles. The summed E-state index contributed by atoms with van der Waals surface area (Å²) in [5.74, 6) is 2.03. The van der Waals surface area contributed by atoms with E-state index in [0.717, 1.165) is 36.7 Å². The van der Waals surface area contributed by atoms with Crippen LogP contribution in [-0.4, -0.2) is 11.4 Å². The molecule has 0 amide bonds. The summed E-state index contributed by atoms with van der Waals surface area (Å²) >= 11 is 0. The summed E-state index contributed by atoms with van der Waals surface area (Å²) in [6.45, 7) is 8.33. The van der Waals surface area contributed by atoms with Gasteiger partial charge in [-0.3, -0.25) is 4.90 Å². The van der Waals surface area contributed by atoms with Gasteiger partial charge in [0.1, 0.15) is 11.5 Å². The zero-order valence-electron chi connectivity index (χ0n) is 12.4. The lowest BCUT2D eigenvalue weighted by molar-refractivity contribution is 0.191. The van der Waals surface area contributed by atoms with Gasteiger partial charge in [0, 0.05) is 30.4 Å². The maximum atomic E-state index is 6.07. The highest BCUT2D eigenvalue weighted by molar-refractivity contribution is 5.52. The first kappa shape index (κ1) is 13.3. The van der Waals surface area contributed by atoms with Gasteiger partial charge in [0.05, 0.1) is 0 Å². The summed E-state index contributed by atoms with van der Waals surface area (Å²) in [7, 11) is 0. The molecule has 1 aromatic carbocycles. The number of fused-ring (bicyclic) bond motifs is 1. The minimum absolute atomic E-state index is 0.377. The fourth-order valence-corrected chi connectivity index (χ4v) is 3.25. The summed E-state index contributed by atoms with van der Waals surface area (Å²) in [4.78, 5) is 2.50. The van der Waals surface area contributed by atoms with Crippen LogP contribution in [0.1, 0.15) is 41.2 Å². The number of hydrogen-bond donors (Lipinski definition) is 1. The molecule has 3 heteroatoms. The summed E-state index contributed by atoms with van der Waals surface area (Å²) in [6.07, 6.45) is 1.03. The summed E-state index contributed by atoms with van der Waals surface area (Å²) in [5, 5.41) is 0. The molecule has 1 aliphatic rings. The van der Waals surface area contributed by atoms with Crippen LogP contribution in [0.5, 0.6) is 0 Å². The normalized spacial score (nSPS) is 16.9. The van der Waals surface area contributed by atoms with Crippen molar-refractivity contribution in [3.05, 3.63) is 52.5 Å². The second-order valence-corrected chi connectivity index (χ2v) is 5.75. The Balaban J connectivity index is 1.85. The van der Waals surface area contributed by atoms with Crippen LogP contribution in [0.3, 0.4) is 0 Å². The first-order valence-electron chi connectivity index (χ1n) is 7.23. The van der Waals surface area contributed by atoms with Crippen molar-refractivity contribution < 1.29 is 4.42 Å². The number of hydrogen-bond acceptors (Lipinski definition) is 3. The van der Waals surface area contributed by atoms with Crippen LogP contribution in [-0.2, 0) is 13.0 Å². The lowest BCUT2D eigenvalue weighted by Crippen LogP contribution is -2.33. The van der Waals surface area contributed by atoms with Gasteiger partial charge in [-0.15, -0.1) is 0 Å². The summed E-state index contributed by atoms with van der Waals surface area (Å²) in [6, 6.07) is 8.78. The van der Waals surface area contributed by atoms with Crippen molar-refractivity contribution in [3.8, 4) is 0 Å². The van der Waals surface area contributed by atoms with Gasteiger partial charge in [0.25, 0.3) is 0 Å². The highest BCUT2D eigenvalue weighted by Crippen LogP contribution is 2.32. The van der Waals surface area contributed by atoms with Crippen LogP contribution in [0.15, 0.2) is 28.7 Å². The second kappa shape index (κ2) is 4.98. The Labute approximate surface area is 120 Å². The third kappa shape index (κ3) is 2.22. The lowest BCUT2D eigenvalue weighted by atomic mass is 9.95. The van der Waals surface area contributed by atoms with Crippen LogP contribution >= 0.6 is 0 Å². The van der Waals surface area contributed by atoms with Crippen molar-refractivity contribution in [2.24, 2.45) is 0 Å². The molecule has 0 spiro atoms. The van der Waals surface area contributed by atoms with Crippen molar-refractivity contribution in [2.45, 2.75) is 39.8 Å². The van der Waals surface area contributed by atoms with Gasteiger partial charge in [-0.25, -0.2) is 0 Å². The number of nitrogen functional groups attached to an aromatic ring is 1. The van der Waals surface area contributed by atoms with Crippen molar-refractivity contribution in [1.82, 2.24) is 4.90 Å². The van der Waals surface area contributed by atoms with Gasteiger partial charge in [0.2, 0.25) is 0 Å². The molecular weight excluding hydrogens is 248 g/mol. The second-order valence-electron chi connectivity index (χ2n) is 5.75. The Morgan fingerprint density at radius 1 is 1.30 bits per heavy atom. The highest BCUT2D eigenvalue weighted by Gasteiger charge is 2.24. The van der Waals surface area contributed by atoms with E-state index in [4.69, 9.17) is 10.2 Å². The number of nitrogens with two attached hydrogens (primary N) is 1. The van der Waals surface area contributed by atoms with Crippen LogP contribution in [0, 0.1) is 13.8 Å². The smallest absolute Gasteiger partial charge is 0.105 e. The molecule has 0 radical (unpaired) electrons.